The summed E-state index contributed by atoms with van der Waals surface area (Å²) >= 11 is 1.72. The van der Waals surface area contributed by atoms with Crippen LogP contribution in [0.1, 0.15) is 22.7 Å². The minimum Gasteiger partial charge on any atom is -0.375 e. The lowest BCUT2D eigenvalue weighted by molar-refractivity contribution is 0.0183. The third-order valence-corrected chi connectivity index (χ3v) is 4.75. The van der Waals surface area contributed by atoms with E-state index in [1.54, 1.807) is 11.3 Å². The first-order valence-electron chi connectivity index (χ1n) is 7.04. The molecule has 0 amide bonds. The smallest absolute Gasteiger partial charge is 0.261 e. The lowest BCUT2D eigenvalue weighted by atomic mass is 10.2. The summed E-state index contributed by atoms with van der Waals surface area (Å²) in [5.74, 6) is 1.48. The fraction of sp³-hybridized carbons (Fsp3) is 0.571. The molecular weight excluding hydrogens is 296 g/mol. The Hall–Kier alpha value is -1.34. The second-order valence-corrected chi connectivity index (χ2v) is 6.08. The Balaban J connectivity index is 1.81. The number of ether oxygens (including phenoxy) is 1. The maximum atomic E-state index is 12.0. The first-order chi connectivity index (χ1) is 10.2. The van der Waals surface area contributed by atoms with E-state index in [1.807, 2.05) is 7.05 Å². The Morgan fingerprint density at radius 1 is 1.33 bits per heavy atom. The third-order valence-electron chi connectivity index (χ3n) is 3.56. The van der Waals surface area contributed by atoms with Crippen molar-refractivity contribution in [1.29, 1.82) is 0 Å². The van der Waals surface area contributed by atoms with Gasteiger partial charge in [0.1, 0.15) is 23.1 Å². The minimum atomic E-state index is -2.43. The Morgan fingerprint density at radius 3 is 2.95 bits per heavy atom. The fourth-order valence-corrected chi connectivity index (χ4v) is 3.95. The maximum absolute atomic E-state index is 12.0. The van der Waals surface area contributed by atoms with Crippen molar-refractivity contribution in [1.82, 2.24) is 9.97 Å². The van der Waals surface area contributed by atoms with Crippen LogP contribution in [0.25, 0.3) is 10.2 Å². The van der Waals surface area contributed by atoms with Crippen LogP contribution in [0.4, 0.5) is 14.6 Å². The summed E-state index contributed by atoms with van der Waals surface area (Å²) < 4.78 is 28.9. The predicted molar refractivity (Wildman–Crippen MR) is 79.5 cm³/mol. The molecule has 4 nitrogen and oxygen atoms in total. The standard InChI is InChI=1S/C14H17F2N3OS/c1-17-13-12-8-3-2-4-9(8)21-14(12)19-11(18-13)5-6-20-7-10(15)16/h10H,2-7H2,1H3,(H,17,18,19). The van der Waals surface area contributed by atoms with Crippen LogP contribution in [-0.2, 0) is 24.0 Å². The van der Waals surface area contributed by atoms with Gasteiger partial charge in [0.2, 0.25) is 0 Å². The van der Waals surface area contributed by atoms with Crippen molar-refractivity contribution in [3.63, 3.8) is 0 Å². The molecule has 0 atom stereocenters. The second kappa shape index (κ2) is 6.19. The monoisotopic (exact) mass is 313 g/mol. The molecule has 0 saturated heterocycles. The van der Waals surface area contributed by atoms with Crippen LogP contribution in [0.15, 0.2) is 0 Å². The number of nitrogens with zero attached hydrogens (tertiary/aromatic N) is 2. The van der Waals surface area contributed by atoms with Crippen molar-refractivity contribution in [2.45, 2.75) is 32.1 Å². The molecule has 1 N–H and O–H groups in total. The molecule has 0 radical (unpaired) electrons. The van der Waals surface area contributed by atoms with Crippen LogP contribution in [0.5, 0.6) is 0 Å². The van der Waals surface area contributed by atoms with E-state index in [0.29, 0.717) is 12.2 Å². The average molecular weight is 313 g/mol. The van der Waals surface area contributed by atoms with Crippen LogP contribution in [-0.4, -0.2) is 36.7 Å². The molecule has 1 aliphatic carbocycles. The number of hydrogen-bond acceptors (Lipinski definition) is 5. The summed E-state index contributed by atoms with van der Waals surface area (Å²) in [6.07, 6.45) is 1.42. The van der Waals surface area contributed by atoms with E-state index in [1.165, 1.54) is 16.9 Å². The molecule has 0 aromatic carbocycles. The highest BCUT2D eigenvalue weighted by molar-refractivity contribution is 7.19. The van der Waals surface area contributed by atoms with Crippen molar-refractivity contribution in [2.75, 3.05) is 25.6 Å². The summed E-state index contributed by atoms with van der Waals surface area (Å²) in [5.41, 5.74) is 1.37. The van der Waals surface area contributed by atoms with Gasteiger partial charge in [-0.15, -0.1) is 11.3 Å². The predicted octanol–water partition coefficient (Wildman–Crippen LogP) is 3.05. The lowest BCUT2D eigenvalue weighted by Crippen LogP contribution is -2.09. The fourth-order valence-electron chi connectivity index (χ4n) is 2.67. The zero-order valence-electron chi connectivity index (χ0n) is 11.8. The van der Waals surface area contributed by atoms with E-state index in [-0.39, 0.29) is 6.61 Å². The Kier molecular flexibility index (Phi) is 4.30. The van der Waals surface area contributed by atoms with Crippen molar-refractivity contribution in [3.05, 3.63) is 16.3 Å². The lowest BCUT2D eigenvalue weighted by Gasteiger charge is -2.07. The average Bonchev–Trinajstić information content (AvgIpc) is 3.02. The second-order valence-electron chi connectivity index (χ2n) is 4.99. The number of aromatic nitrogens is 2. The van der Waals surface area contributed by atoms with Gasteiger partial charge < -0.3 is 10.1 Å². The maximum Gasteiger partial charge on any atom is 0.261 e. The zero-order valence-corrected chi connectivity index (χ0v) is 12.6. The largest absolute Gasteiger partial charge is 0.375 e. The molecule has 7 heteroatoms. The summed E-state index contributed by atoms with van der Waals surface area (Å²) in [6.45, 7) is -0.321. The quantitative estimate of drug-likeness (QED) is 0.833. The van der Waals surface area contributed by atoms with E-state index in [0.717, 1.165) is 28.9 Å². The van der Waals surface area contributed by atoms with Gasteiger partial charge in [0.25, 0.3) is 6.43 Å². The minimum absolute atomic E-state index is 0.212. The van der Waals surface area contributed by atoms with Crippen molar-refractivity contribution < 1.29 is 13.5 Å². The number of rotatable bonds is 6. The van der Waals surface area contributed by atoms with E-state index in [4.69, 9.17) is 4.74 Å². The van der Waals surface area contributed by atoms with Gasteiger partial charge in [-0.25, -0.2) is 18.7 Å². The number of halogens is 2. The Labute approximate surface area is 125 Å². The number of alkyl halides is 2. The molecule has 0 fully saturated rings. The van der Waals surface area contributed by atoms with Gasteiger partial charge in [0.05, 0.1) is 12.0 Å². The van der Waals surface area contributed by atoms with Crippen molar-refractivity contribution in [3.8, 4) is 0 Å². The number of fused-ring (bicyclic) bond motifs is 3. The molecule has 21 heavy (non-hydrogen) atoms. The Bertz CT molecular complexity index is 645. The third kappa shape index (κ3) is 2.98. The highest BCUT2D eigenvalue weighted by Gasteiger charge is 2.21. The normalized spacial score (nSPS) is 14.1. The number of hydrogen-bond donors (Lipinski definition) is 1. The van der Waals surface area contributed by atoms with E-state index in [2.05, 4.69) is 15.3 Å². The molecule has 0 spiro atoms. The van der Waals surface area contributed by atoms with Gasteiger partial charge >= 0.3 is 0 Å². The molecule has 0 saturated carbocycles. The molecule has 0 unspecified atom stereocenters. The highest BCUT2D eigenvalue weighted by atomic mass is 32.1. The summed E-state index contributed by atoms with van der Waals surface area (Å²) in [5, 5.41) is 4.26. The van der Waals surface area contributed by atoms with Gasteiger partial charge in [-0.2, -0.15) is 0 Å². The van der Waals surface area contributed by atoms with Gasteiger partial charge in [0, 0.05) is 18.3 Å². The number of nitrogens with one attached hydrogen (secondary N) is 1. The highest BCUT2D eigenvalue weighted by Crippen LogP contribution is 2.39. The van der Waals surface area contributed by atoms with Crippen LogP contribution >= 0.6 is 11.3 Å². The zero-order chi connectivity index (χ0) is 14.8. The molecule has 2 aromatic heterocycles. The van der Waals surface area contributed by atoms with Gasteiger partial charge in [0.15, 0.2) is 0 Å². The molecule has 114 valence electrons. The molecular formula is C14H17F2N3OS. The topological polar surface area (TPSA) is 47.0 Å². The number of thiophene rings is 1. The van der Waals surface area contributed by atoms with Crippen LogP contribution in [0.3, 0.4) is 0 Å². The van der Waals surface area contributed by atoms with Gasteiger partial charge in [-0.1, -0.05) is 0 Å². The van der Waals surface area contributed by atoms with Gasteiger partial charge in [-0.05, 0) is 24.8 Å². The van der Waals surface area contributed by atoms with E-state index < -0.39 is 13.0 Å². The molecule has 3 rings (SSSR count). The van der Waals surface area contributed by atoms with E-state index >= 15 is 0 Å². The molecule has 0 aliphatic heterocycles. The van der Waals surface area contributed by atoms with Crippen molar-refractivity contribution in [2.24, 2.45) is 0 Å². The van der Waals surface area contributed by atoms with Crippen LogP contribution in [0, 0.1) is 0 Å². The number of aryl methyl sites for hydroxylation is 2. The van der Waals surface area contributed by atoms with Crippen molar-refractivity contribution >= 4 is 27.4 Å². The molecule has 1 aliphatic rings. The Morgan fingerprint density at radius 2 is 2.19 bits per heavy atom. The SMILES string of the molecule is CNc1nc(CCOCC(F)F)nc2sc3c(c12)CCC3. The molecule has 0 bridgehead atoms. The van der Waals surface area contributed by atoms with E-state index in [9.17, 15) is 8.78 Å². The summed E-state index contributed by atoms with van der Waals surface area (Å²) in [6, 6.07) is 0. The first kappa shape index (κ1) is 14.6. The summed E-state index contributed by atoms with van der Waals surface area (Å²) in [4.78, 5) is 11.5. The van der Waals surface area contributed by atoms with Crippen LogP contribution < -0.4 is 5.32 Å². The molecule has 2 heterocycles. The number of anilines is 1. The first-order valence-corrected chi connectivity index (χ1v) is 7.85. The summed E-state index contributed by atoms with van der Waals surface area (Å²) in [7, 11) is 1.85. The van der Waals surface area contributed by atoms with Gasteiger partial charge in [-0.3, -0.25) is 0 Å². The van der Waals surface area contributed by atoms with Crippen LogP contribution in [0.2, 0.25) is 0 Å². The molecule has 2 aromatic rings.